The van der Waals surface area contributed by atoms with Crippen LogP contribution in [0.3, 0.4) is 0 Å². The molecule has 1 N–H and O–H groups in total. The second kappa shape index (κ2) is 6.63. The van der Waals surface area contributed by atoms with Gasteiger partial charge in [-0.2, -0.15) is 0 Å². The van der Waals surface area contributed by atoms with E-state index < -0.39 is 0 Å². The molecule has 0 radical (unpaired) electrons. The van der Waals surface area contributed by atoms with Gasteiger partial charge >= 0.3 is 0 Å². The molecule has 2 aromatic rings. The average molecular weight is 322 g/mol. The van der Waals surface area contributed by atoms with E-state index >= 15 is 0 Å². The van der Waals surface area contributed by atoms with Crippen LogP contribution in [-0.2, 0) is 0 Å². The standard InChI is InChI=1S/C14H16BrN3O/c1-3-17-14(13-9-16-6-7-18-13)11-8-10(19-2)4-5-12(11)15/h4-9,14,17H,3H2,1-2H3. The van der Waals surface area contributed by atoms with Gasteiger partial charge in [-0.1, -0.05) is 22.9 Å². The van der Waals surface area contributed by atoms with Crippen LogP contribution in [0.1, 0.15) is 24.2 Å². The van der Waals surface area contributed by atoms with Gasteiger partial charge in [0.2, 0.25) is 0 Å². The van der Waals surface area contributed by atoms with Crippen LogP contribution in [-0.4, -0.2) is 23.6 Å². The summed E-state index contributed by atoms with van der Waals surface area (Å²) in [6.45, 7) is 2.91. The predicted octanol–water partition coefficient (Wildman–Crippen LogP) is 2.95. The van der Waals surface area contributed by atoms with Crippen LogP contribution in [0.2, 0.25) is 0 Å². The highest BCUT2D eigenvalue weighted by Gasteiger charge is 2.18. The summed E-state index contributed by atoms with van der Waals surface area (Å²) >= 11 is 3.58. The molecule has 1 aromatic heterocycles. The van der Waals surface area contributed by atoms with Gasteiger partial charge in [-0.3, -0.25) is 9.97 Å². The van der Waals surface area contributed by atoms with Crippen LogP contribution in [0.5, 0.6) is 5.75 Å². The van der Waals surface area contributed by atoms with Gasteiger partial charge in [-0.05, 0) is 30.3 Å². The minimum Gasteiger partial charge on any atom is -0.497 e. The molecule has 1 unspecified atom stereocenters. The Morgan fingerprint density at radius 3 is 2.84 bits per heavy atom. The van der Waals surface area contributed by atoms with E-state index in [1.165, 1.54) is 0 Å². The number of aromatic nitrogens is 2. The molecule has 19 heavy (non-hydrogen) atoms. The van der Waals surface area contributed by atoms with Crippen LogP contribution in [0.4, 0.5) is 0 Å². The van der Waals surface area contributed by atoms with Crippen LogP contribution in [0, 0.1) is 0 Å². The van der Waals surface area contributed by atoms with Gasteiger partial charge < -0.3 is 10.1 Å². The molecule has 0 spiro atoms. The number of benzene rings is 1. The molecule has 0 bridgehead atoms. The number of hydrogen-bond donors (Lipinski definition) is 1. The predicted molar refractivity (Wildman–Crippen MR) is 78.2 cm³/mol. The van der Waals surface area contributed by atoms with Crippen molar-refractivity contribution in [3.8, 4) is 5.75 Å². The van der Waals surface area contributed by atoms with E-state index in [-0.39, 0.29) is 6.04 Å². The van der Waals surface area contributed by atoms with Crippen molar-refractivity contribution in [3.63, 3.8) is 0 Å². The molecule has 100 valence electrons. The zero-order chi connectivity index (χ0) is 13.7. The fourth-order valence-corrected chi connectivity index (χ4v) is 2.38. The van der Waals surface area contributed by atoms with Gasteiger partial charge in [0.15, 0.2) is 0 Å². The summed E-state index contributed by atoms with van der Waals surface area (Å²) in [5.74, 6) is 0.824. The van der Waals surface area contributed by atoms with Crippen LogP contribution >= 0.6 is 15.9 Å². The van der Waals surface area contributed by atoms with E-state index in [1.54, 1.807) is 25.7 Å². The Hall–Kier alpha value is -1.46. The highest BCUT2D eigenvalue weighted by molar-refractivity contribution is 9.10. The second-order valence-corrected chi connectivity index (χ2v) is 4.86. The molecule has 0 aliphatic carbocycles. The highest BCUT2D eigenvalue weighted by Crippen LogP contribution is 2.30. The van der Waals surface area contributed by atoms with Crippen molar-refractivity contribution in [1.82, 2.24) is 15.3 Å². The van der Waals surface area contributed by atoms with E-state index in [0.29, 0.717) is 0 Å². The molecule has 2 rings (SSSR count). The normalized spacial score (nSPS) is 12.2. The maximum atomic E-state index is 5.29. The van der Waals surface area contributed by atoms with E-state index in [1.807, 2.05) is 18.2 Å². The monoisotopic (exact) mass is 321 g/mol. The zero-order valence-corrected chi connectivity index (χ0v) is 12.5. The zero-order valence-electron chi connectivity index (χ0n) is 10.9. The van der Waals surface area contributed by atoms with Gasteiger partial charge in [0, 0.05) is 16.9 Å². The number of methoxy groups -OCH3 is 1. The average Bonchev–Trinajstić information content (AvgIpc) is 2.47. The summed E-state index contributed by atoms with van der Waals surface area (Å²) in [7, 11) is 1.66. The van der Waals surface area contributed by atoms with E-state index in [0.717, 1.165) is 28.0 Å². The SMILES string of the molecule is CCNC(c1cnccn1)c1cc(OC)ccc1Br. The summed E-state index contributed by atoms with van der Waals surface area (Å²) in [6.07, 6.45) is 5.15. The molecule has 0 fully saturated rings. The van der Waals surface area contributed by atoms with Crippen LogP contribution in [0.15, 0.2) is 41.3 Å². The van der Waals surface area contributed by atoms with Crippen molar-refractivity contribution in [3.05, 3.63) is 52.5 Å². The Kier molecular flexibility index (Phi) is 4.87. The van der Waals surface area contributed by atoms with Gasteiger partial charge in [0.1, 0.15) is 5.75 Å². The molecule has 4 nitrogen and oxygen atoms in total. The number of ether oxygens (including phenoxy) is 1. The minimum absolute atomic E-state index is 0.0109. The second-order valence-electron chi connectivity index (χ2n) is 4.01. The molecule has 0 aliphatic rings. The van der Waals surface area contributed by atoms with E-state index in [2.05, 4.69) is 38.1 Å². The molecule has 1 atom stereocenters. The Morgan fingerprint density at radius 1 is 1.37 bits per heavy atom. The largest absolute Gasteiger partial charge is 0.497 e. The van der Waals surface area contributed by atoms with Crippen molar-refractivity contribution < 1.29 is 4.74 Å². The summed E-state index contributed by atoms with van der Waals surface area (Å²) in [5, 5.41) is 3.42. The summed E-state index contributed by atoms with van der Waals surface area (Å²) in [4.78, 5) is 8.52. The van der Waals surface area contributed by atoms with Gasteiger partial charge in [0.05, 0.1) is 25.0 Å². The number of nitrogens with zero attached hydrogens (tertiary/aromatic N) is 2. The van der Waals surface area contributed by atoms with Crippen molar-refractivity contribution in [2.45, 2.75) is 13.0 Å². The molecule has 1 heterocycles. The fraction of sp³-hybridized carbons (Fsp3) is 0.286. The smallest absolute Gasteiger partial charge is 0.119 e. The van der Waals surface area contributed by atoms with Gasteiger partial charge in [-0.25, -0.2) is 0 Å². The molecule has 0 saturated carbocycles. The lowest BCUT2D eigenvalue weighted by molar-refractivity contribution is 0.413. The molecule has 0 saturated heterocycles. The minimum atomic E-state index is -0.0109. The fourth-order valence-electron chi connectivity index (χ4n) is 1.91. The number of nitrogens with one attached hydrogen (secondary N) is 1. The first kappa shape index (κ1) is 14.0. The van der Waals surface area contributed by atoms with Crippen LogP contribution in [0.25, 0.3) is 0 Å². The van der Waals surface area contributed by atoms with E-state index in [9.17, 15) is 0 Å². The summed E-state index contributed by atoms with van der Waals surface area (Å²) in [6, 6.07) is 5.90. The first-order valence-electron chi connectivity index (χ1n) is 6.09. The third-order valence-electron chi connectivity index (χ3n) is 2.80. The topological polar surface area (TPSA) is 47.0 Å². The Labute approximate surface area is 121 Å². The third-order valence-corrected chi connectivity index (χ3v) is 3.52. The van der Waals surface area contributed by atoms with Crippen molar-refractivity contribution in [1.29, 1.82) is 0 Å². The lowest BCUT2D eigenvalue weighted by atomic mass is 10.0. The lowest BCUT2D eigenvalue weighted by Gasteiger charge is -2.19. The van der Waals surface area contributed by atoms with Crippen molar-refractivity contribution >= 4 is 15.9 Å². The Morgan fingerprint density at radius 2 is 2.21 bits per heavy atom. The van der Waals surface area contributed by atoms with E-state index in [4.69, 9.17) is 4.74 Å². The maximum absolute atomic E-state index is 5.29. The van der Waals surface area contributed by atoms with Gasteiger partial charge in [-0.15, -0.1) is 0 Å². The summed E-state index contributed by atoms with van der Waals surface area (Å²) in [5.41, 5.74) is 1.97. The number of rotatable bonds is 5. The molecular formula is C14H16BrN3O. The highest BCUT2D eigenvalue weighted by atomic mass is 79.9. The number of halogens is 1. The maximum Gasteiger partial charge on any atom is 0.119 e. The molecule has 0 aliphatic heterocycles. The van der Waals surface area contributed by atoms with Crippen molar-refractivity contribution in [2.75, 3.05) is 13.7 Å². The lowest BCUT2D eigenvalue weighted by Crippen LogP contribution is -2.23. The molecular weight excluding hydrogens is 306 g/mol. The molecule has 5 heteroatoms. The van der Waals surface area contributed by atoms with Crippen molar-refractivity contribution in [2.24, 2.45) is 0 Å². The number of hydrogen-bond acceptors (Lipinski definition) is 4. The van der Waals surface area contributed by atoms with Crippen LogP contribution < -0.4 is 10.1 Å². The Bertz CT molecular complexity index is 533. The quantitative estimate of drug-likeness (QED) is 0.919. The molecule has 0 amide bonds. The summed E-state index contributed by atoms with van der Waals surface area (Å²) < 4.78 is 6.31. The third kappa shape index (κ3) is 3.30. The first-order chi connectivity index (χ1) is 9.26. The van der Waals surface area contributed by atoms with Gasteiger partial charge in [0.25, 0.3) is 0 Å². The Balaban J connectivity index is 2.44. The first-order valence-corrected chi connectivity index (χ1v) is 6.88. The molecule has 1 aromatic carbocycles.